The first-order valence-electron chi connectivity index (χ1n) is 5.73. The Balaban J connectivity index is 2.44. The van der Waals surface area contributed by atoms with E-state index in [-0.39, 0.29) is 16.4 Å². The molecule has 0 atom stereocenters. The summed E-state index contributed by atoms with van der Waals surface area (Å²) in [6, 6.07) is 7.79. The second kappa shape index (κ2) is 5.32. The molecule has 1 heterocycles. The normalized spacial score (nSPS) is 10.4. The number of hydrogen-bond acceptors (Lipinski definition) is 2. The zero-order valence-corrected chi connectivity index (χ0v) is 11.2. The van der Waals surface area contributed by atoms with Crippen molar-refractivity contribution in [3.63, 3.8) is 0 Å². The largest absolute Gasteiger partial charge is 0.389 e. The van der Waals surface area contributed by atoms with Crippen LogP contribution >= 0.6 is 12.2 Å². The van der Waals surface area contributed by atoms with Crippen molar-refractivity contribution in [2.75, 3.05) is 0 Å². The molecule has 0 saturated carbocycles. The lowest BCUT2D eigenvalue weighted by molar-refractivity contribution is 0.621. The lowest BCUT2D eigenvalue weighted by Gasteiger charge is -2.10. The average molecular weight is 276 g/mol. The molecule has 2 aromatic rings. The molecule has 2 N–H and O–H groups in total. The fourth-order valence-electron chi connectivity index (χ4n) is 1.84. The molecular weight excluding hydrogens is 263 g/mol. The third-order valence-electron chi connectivity index (χ3n) is 2.94. The highest BCUT2D eigenvalue weighted by Crippen LogP contribution is 2.11. The van der Waals surface area contributed by atoms with Crippen molar-refractivity contribution < 1.29 is 4.39 Å². The molecule has 0 aliphatic carbocycles. The topological polar surface area (TPSA) is 48.0 Å². The first kappa shape index (κ1) is 13.4. The van der Waals surface area contributed by atoms with Gasteiger partial charge in [-0.1, -0.05) is 18.3 Å². The minimum Gasteiger partial charge on any atom is -0.389 e. The van der Waals surface area contributed by atoms with Crippen molar-refractivity contribution in [3.8, 4) is 0 Å². The van der Waals surface area contributed by atoms with E-state index >= 15 is 0 Å². The highest BCUT2D eigenvalue weighted by atomic mass is 32.1. The van der Waals surface area contributed by atoms with Crippen LogP contribution in [0.3, 0.4) is 0 Å². The zero-order chi connectivity index (χ0) is 14.0. The first-order chi connectivity index (χ1) is 8.99. The minimum atomic E-state index is -0.320. The third-order valence-corrected chi connectivity index (χ3v) is 3.16. The second-order valence-electron chi connectivity index (χ2n) is 4.29. The predicted molar refractivity (Wildman–Crippen MR) is 76.8 cm³/mol. The van der Waals surface area contributed by atoms with Gasteiger partial charge in [0.2, 0.25) is 0 Å². The Bertz CT molecular complexity index is 694. The van der Waals surface area contributed by atoms with E-state index in [1.807, 2.05) is 6.92 Å². The van der Waals surface area contributed by atoms with Gasteiger partial charge in [0.1, 0.15) is 10.8 Å². The predicted octanol–water partition coefficient (Wildman–Crippen LogP) is 1.98. The molecule has 1 aromatic heterocycles. The fraction of sp³-hybridized carbons (Fsp3) is 0.143. The summed E-state index contributed by atoms with van der Waals surface area (Å²) in [5.41, 5.74) is 7.20. The van der Waals surface area contributed by atoms with E-state index < -0.39 is 0 Å². The van der Waals surface area contributed by atoms with E-state index in [9.17, 15) is 9.18 Å². The average Bonchev–Trinajstić information content (AvgIpc) is 2.36. The molecule has 0 aliphatic heterocycles. The first-order valence-corrected chi connectivity index (χ1v) is 6.14. The number of nitrogens with two attached hydrogens (primary N) is 1. The Morgan fingerprint density at radius 1 is 1.42 bits per heavy atom. The van der Waals surface area contributed by atoms with Crippen LogP contribution in [0.2, 0.25) is 0 Å². The van der Waals surface area contributed by atoms with Gasteiger partial charge in [0.15, 0.2) is 0 Å². The molecule has 2 rings (SSSR count). The van der Waals surface area contributed by atoms with Gasteiger partial charge in [-0.25, -0.2) is 4.39 Å². The van der Waals surface area contributed by atoms with Crippen molar-refractivity contribution in [1.82, 2.24) is 4.57 Å². The van der Waals surface area contributed by atoms with Crippen molar-refractivity contribution in [3.05, 3.63) is 69.4 Å². The van der Waals surface area contributed by atoms with Crippen molar-refractivity contribution in [2.24, 2.45) is 5.73 Å². The van der Waals surface area contributed by atoms with E-state index in [2.05, 4.69) is 0 Å². The number of hydrogen-bond donors (Lipinski definition) is 1. The number of benzene rings is 1. The fourth-order valence-corrected chi connectivity index (χ4v) is 2.00. The van der Waals surface area contributed by atoms with Gasteiger partial charge in [-0.3, -0.25) is 4.79 Å². The Morgan fingerprint density at radius 3 is 2.84 bits per heavy atom. The van der Waals surface area contributed by atoms with Gasteiger partial charge in [-0.15, -0.1) is 0 Å². The maximum Gasteiger partial charge on any atom is 0.261 e. The number of pyridine rings is 1. The molecule has 3 nitrogen and oxygen atoms in total. The monoisotopic (exact) mass is 276 g/mol. The van der Waals surface area contributed by atoms with Crippen molar-refractivity contribution in [1.29, 1.82) is 0 Å². The molecule has 0 aliphatic rings. The van der Waals surface area contributed by atoms with Gasteiger partial charge in [-0.2, -0.15) is 0 Å². The number of aromatic nitrogens is 1. The van der Waals surface area contributed by atoms with Crippen molar-refractivity contribution in [2.45, 2.75) is 13.5 Å². The number of halogens is 1. The highest BCUT2D eigenvalue weighted by Gasteiger charge is 2.07. The lowest BCUT2D eigenvalue weighted by atomic mass is 10.1. The van der Waals surface area contributed by atoms with E-state index in [4.69, 9.17) is 18.0 Å². The van der Waals surface area contributed by atoms with Gasteiger partial charge in [0.05, 0.1) is 12.1 Å². The number of aryl methyl sites for hydroxylation is 1. The molecule has 19 heavy (non-hydrogen) atoms. The Kier molecular flexibility index (Phi) is 3.76. The summed E-state index contributed by atoms with van der Waals surface area (Å²) in [6.45, 7) is 2.16. The SMILES string of the molecule is Cc1ccc(F)cc1Cn1cccc(C(N)=S)c1=O. The van der Waals surface area contributed by atoms with Crippen LogP contribution < -0.4 is 11.3 Å². The van der Waals surface area contributed by atoms with Crippen LogP contribution in [-0.2, 0) is 6.54 Å². The van der Waals surface area contributed by atoms with E-state index in [0.29, 0.717) is 12.1 Å². The molecule has 0 amide bonds. The summed E-state index contributed by atoms with van der Waals surface area (Å²) in [7, 11) is 0. The number of thiocarbonyl (C=S) groups is 1. The molecule has 0 radical (unpaired) electrons. The molecule has 0 unspecified atom stereocenters. The van der Waals surface area contributed by atoms with Crippen LogP contribution in [0.15, 0.2) is 41.3 Å². The molecule has 0 bridgehead atoms. The Morgan fingerprint density at radius 2 is 2.16 bits per heavy atom. The molecule has 1 aromatic carbocycles. The molecule has 5 heteroatoms. The summed E-state index contributed by atoms with van der Waals surface area (Å²) >= 11 is 4.82. The zero-order valence-electron chi connectivity index (χ0n) is 10.4. The van der Waals surface area contributed by atoms with E-state index in [1.54, 1.807) is 24.4 Å². The molecule has 0 fully saturated rings. The minimum absolute atomic E-state index is 0.0651. The van der Waals surface area contributed by atoms with Gasteiger partial charge in [0.25, 0.3) is 5.56 Å². The summed E-state index contributed by atoms with van der Waals surface area (Å²) in [4.78, 5) is 12.2. The van der Waals surface area contributed by atoms with Crippen LogP contribution in [-0.4, -0.2) is 9.56 Å². The third kappa shape index (κ3) is 2.88. The maximum atomic E-state index is 13.2. The molecule has 98 valence electrons. The van der Waals surface area contributed by atoms with Gasteiger partial charge >= 0.3 is 0 Å². The van der Waals surface area contributed by atoms with Crippen LogP contribution in [0.4, 0.5) is 4.39 Å². The molecule has 0 saturated heterocycles. The van der Waals surface area contributed by atoms with Crippen LogP contribution in [0.25, 0.3) is 0 Å². The number of rotatable bonds is 3. The van der Waals surface area contributed by atoms with Crippen LogP contribution in [0.5, 0.6) is 0 Å². The Labute approximate surface area is 115 Å². The van der Waals surface area contributed by atoms with E-state index in [0.717, 1.165) is 11.1 Å². The summed E-state index contributed by atoms with van der Waals surface area (Å²) in [5.74, 6) is -0.320. The summed E-state index contributed by atoms with van der Waals surface area (Å²) in [5, 5.41) is 0. The maximum absolute atomic E-state index is 13.2. The quantitative estimate of drug-likeness (QED) is 0.872. The molecule has 0 spiro atoms. The highest BCUT2D eigenvalue weighted by molar-refractivity contribution is 7.80. The summed E-state index contributed by atoms with van der Waals surface area (Å²) < 4.78 is 14.7. The van der Waals surface area contributed by atoms with Crippen molar-refractivity contribution >= 4 is 17.2 Å². The Hall–Kier alpha value is -2.01. The van der Waals surface area contributed by atoms with Gasteiger partial charge < -0.3 is 10.3 Å². The van der Waals surface area contributed by atoms with Gasteiger partial charge in [-0.05, 0) is 42.3 Å². The summed E-state index contributed by atoms with van der Waals surface area (Å²) in [6.07, 6.45) is 1.63. The number of nitrogens with zero attached hydrogens (tertiary/aromatic N) is 1. The van der Waals surface area contributed by atoms with Crippen LogP contribution in [0, 0.1) is 12.7 Å². The smallest absolute Gasteiger partial charge is 0.261 e. The van der Waals surface area contributed by atoms with Crippen LogP contribution in [0.1, 0.15) is 16.7 Å². The molecular formula is C14H13FN2OS. The lowest BCUT2D eigenvalue weighted by Crippen LogP contribution is -2.28. The second-order valence-corrected chi connectivity index (χ2v) is 4.73. The standard InChI is InChI=1S/C14H13FN2OS/c1-9-4-5-11(15)7-10(9)8-17-6-2-3-12(13(16)19)14(17)18/h2-7H,8H2,1H3,(H2,16,19). The van der Waals surface area contributed by atoms with E-state index in [1.165, 1.54) is 16.7 Å². The van der Waals surface area contributed by atoms with Gasteiger partial charge in [0, 0.05) is 6.20 Å².